The Morgan fingerprint density at radius 3 is 2.02 bits per heavy atom. The van der Waals surface area contributed by atoms with Crippen molar-refractivity contribution in [2.45, 2.75) is 17.4 Å². The SMILES string of the molecule is CC1=Cc2c(-c3ccccc3)cccc2C1S(C)(C)C1c2ccccc2-c2c1n(-c1ccccc1)c1ccccc21. The third-order valence-electron chi connectivity index (χ3n) is 9.19. The second-order valence-electron chi connectivity index (χ2n) is 11.8. The monoisotopic (exact) mass is 547 g/mol. The molecule has 1 heterocycles. The Morgan fingerprint density at radius 2 is 1.22 bits per heavy atom. The summed E-state index contributed by atoms with van der Waals surface area (Å²) < 4.78 is 2.57. The van der Waals surface area contributed by atoms with Gasteiger partial charge in [0, 0.05) is 27.6 Å². The largest absolute Gasteiger partial charge is 0.312 e. The van der Waals surface area contributed by atoms with Gasteiger partial charge in [-0.15, -0.1) is 0 Å². The minimum absolute atomic E-state index is 0.306. The Morgan fingerprint density at radius 1 is 0.585 bits per heavy atom. The molecule has 0 spiro atoms. The van der Waals surface area contributed by atoms with Crippen LogP contribution in [0.3, 0.4) is 0 Å². The number of fused-ring (bicyclic) bond motifs is 6. The Balaban J connectivity index is 1.38. The van der Waals surface area contributed by atoms with Gasteiger partial charge in [0.05, 0.1) is 10.8 Å². The maximum absolute atomic E-state index is 2.59. The third-order valence-corrected chi connectivity index (χ3v) is 12.7. The second-order valence-corrected chi connectivity index (χ2v) is 15.8. The van der Waals surface area contributed by atoms with Crippen molar-refractivity contribution >= 4 is 27.0 Å². The summed E-state index contributed by atoms with van der Waals surface area (Å²) in [5.41, 5.74) is 15.3. The zero-order chi connectivity index (χ0) is 27.7. The number of benzene rings is 5. The maximum Gasteiger partial charge on any atom is 0.0565 e. The van der Waals surface area contributed by atoms with Gasteiger partial charge in [-0.25, -0.2) is 10.0 Å². The molecule has 0 amide bonds. The van der Waals surface area contributed by atoms with E-state index in [9.17, 15) is 0 Å². The van der Waals surface area contributed by atoms with Gasteiger partial charge in [-0.05, 0) is 71.0 Å². The van der Waals surface area contributed by atoms with E-state index in [1.165, 1.54) is 66.8 Å². The van der Waals surface area contributed by atoms with Crippen molar-refractivity contribution in [3.8, 4) is 27.9 Å². The Hall–Kier alpha value is -4.27. The summed E-state index contributed by atoms with van der Waals surface area (Å²) in [6.07, 6.45) is 7.65. The van der Waals surface area contributed by atoms with Gasteiger partial charge in [-0.3, -0.25) is 0 Å². The Bertz CT molecular complexity index is 1960. The van der Waals surface area contributed by atoms with Gasteiger partial charge >= 0.3 is 0 Å². The fourth-order valence-electron chi connectivity index (χ4n) is 7.70. The molecule has 41 heavy (non-hydrogen) atoms. The smallest absolute Gasteiger partial charge is 0.0565 e. The predicted octanol–water partition coefficient (Wildman–Crippen LogP) is 10.6. The minimum Gasteiger partial charge on any atom is -0.312 e. The summed E-state index contributed by atoms with van der Waals surface area (Å²) >= 11 is 0. The molecule has 0 saturated heterocycles. The molecule has 2 unspecified atom stereocenters. The Labute approximate surface area is 244 Å². The lowest BCUT2D eigenvalue weighted by Crippen LogP contribution is -2.18. The van der Waals surface area contributed by atoms with Crippen LogP contribution in [0, 0.1) is 0 Å². The van der Waals surface area contributed by atoms with Crippen LogP contribution in [-0.4, -0.2) is 17.1 Å². The summed E-state index contributed by atoms with van der Waals surface area (Å²) in [7, 11) is -1.29. The van der Waals surface area contributed by atoms with E-state index in [4.69, 9.17) is 0 Å². The van der Waals surface area contributed by atoms with Crippen LogP contribution in [0.5, 0.6) is 0 Å². The minimum atomic E-state index is -1.29. The number of hydrogen-bond donors (Lipinski definition) is 0. The second kappa shape index (κ2) is 9.12. The number of para-hydroxylation sites is 2. The number of aromatic nitrogens is 1. The molecule has 0 saturated carbocycles. The van der Waals surface area contributed by atoms with Crippen LogP contribution in [0.2, 0.25) is 0 Å². The van der Waals surface area contributed by atoms with Crippen LogP contribution in [0.25, 0.3) is 44.9 Å². The fraction of sp³-hybridized carbons (Fsp3) is 0.128. The van der Waals surface area contributed by atoms with Crippen molar-refractivity contribution < 1.29 is 0 Å². The quantitative estimate of drug-likeness (QED) is 0.207. The lowest BCUT2D eigenvalue weighted by molar-refractivity contribution is 0.972. The van der Waals surface area contributed by atoms with Gasteiger partial charge in [0.1, 0.15) is 0 Å². The molecule has 2 heteroatoms. The van der Waals surface area contributed by atoms with Gasteiger partial charge in [0.15, 0.2) is 0 Å². The molecule has 0 aliphatic heterocycles. The molecule has 200 valence electrons. The van der Waals surface area contributed by atoms with Crippen LogP contribution in [0.4, 0.5) is 0 Å². The van der Waals surface area contributed by atoms with Crippen LogP contribution >= 0.6 is 10.0 Å². The molecule has 2 aliphatic rings. The highest BCUT2D eigenvalue weighted by Crippen LogP contribution is 2.74. The number of nitrogens with zero attached hydrogens (tertiary/aromatic N) is 1. The highest BCUT2D eigenvalue weighted by molar-refractivity contribution is 8.33. The molecule has 5 aromatic carbocycles. The van der Waals surface area contributed by atoms with E-state index < -0.39 is 10.0 Å². The molecular formula is C39H33NS. The maximum atomic E-state index is 2.59. The molecular weight excluding hydrogens is 515 g/mol. The van der Waals surface area contributed by atoms with Crippen molar-refractivity contribution in [1.29, 1.82) is 0 Å². The molecule has 1 nitrogen and oxygen atoms in total. The van der Waals surface area contributed by atoms with Gasteiger partial charge < -0.3 is 4.57 Å². The molecule has 2 atom stereocenters. The first-order chi connectivity index (χ1) is 20.1. The summed E-state index contributed by atoms with van der Waals surface area (Å²) in [5, 5.41) is 2.04. The normalized spacial score (nSPS) is 17.7. The van der Waals surface area contributed by atoms with Crippen molar-refractivity contribution in [2.24, 2.45) is 0 Å². The van der Waals surface area contributed by atoms with E-state index in [1.807, 2.05) is 0 Å². The topological polar surface area (TPSA) is 4.93 Å². The van der Waals surface area contributed by atoms with E-state index in [-0.39, 0.29) is 0 Å². The van der Waals surface area contributed by atoms with Crippen LogP contribution in [-0.2, 0) is 0 Å². The standard InChI is InChI=1S/C39H33NS/c1-26-25-34-29(27-15-6-4-7-16-27)22-14-23-32(34)38(26)41(2,3)39-31-20-11-10-19-30(31)36-33-21-12-13-24-35(33)40(37(36)39)28-17-8-5-9-18-28/h4-25,38-39H,1-3H3. The molecule has 8 rings (SSSR count). The molecule has 2 aliphatic carbocycles. The van der Waals surface area contributed by atoms with Gasteiger partial charge in [0.25, 0.3) is 0 Å². The van der Waals surface area contributed by atoms with Crippen molar-refractivity contribution in [1.82, 2.24) is 4.57 Å². The summed E-state index contributed by atoms with van der Waals surface area (Å²) in [5.74, 6) is 0. The zero-order valence-corrected chi connectivity index (χ0v) is 24.5. The first-order valence-corrected chi connectivity index (χ1v) is 17.0. The van der Waals surface area contributed by atoms with Crippen LogP contribution in [0.15, 0.2) is 133 Å². The van der Waals surface area contributed by atoms with Crippen molar-refractivity contribution in [3.63, 3.8) is 0 Å². The van der Waals surface area contributed by atoms with E-state index >= 15 is 0 Å². The van der Waals surface area contributed by atoms with E-state index in [2.05, 4.69) is 157 Å². The number of rotatable bonds is 4. The van der Waals surface area contributed by atoms with E-state index in [0.29, 0.717) is 10.5 Å². The number of hydrogen-bond acceptors (Lipinski definition) is 0. The van der Waals surface area contributed by atoms with E-state index in [1.54, 1.807) is 0 Å². The molecule has 0 fully saturated rings. The third kappa shape index (κ3) is 3.50. The average molecular weight is 548 g/mol. The van der Waals surface area contributed by atoms with E-state index in [0.717, 1.165) is 0 Å². The molecule has 0 radical (unpaired) electrons. The average Bonchev–Trinajstić information content (AvgIpc) is 3.64. The summed E-state index contributed by atoms with van der Waals surface area (Å²) in [4.78, 5) is 0. The fourth-order valence-corrected chi connectivity index (χ4v) is 11.5. The first kappa shape index (κ1) is 24.5. The highest BCUT2D eigenvalue weighted by Gasteiger charge is 2.46. The van der Waals surface area contributed by atoms with Gasteiger partial charge in [-0.2, -0.15) is 0 Å². The lowest BCUT2D eigenvalue weighted by Gasteiger charge is -2.46. The summed E-state index contributed by atoms with van der Waals surface area (Å²) in [6.45, 7) is 2.36. The zero-order valence-electron chi connectivity index (χ0n) is 23.7. The Kier molecular flexibility index (Phi) is 5.46. The van der Waals surface area contributed by atoms with Crippen LogP contribution < -0.4 is 0 Å². The van der Waals surface area contributed by atoms with Gasteiger partial charge in [0.2, 0.25) is 0 Å². The van der Waals surface area contributed by atoms with Crippen LogP contribution in [0.1, 0.15) is 39.8 Å². The molecule has 6 aromatic rings. The van der Waals surface area contributed by atoms with Crippen molar-refractivity contribution in [3.05, 3.63) is 155 Å². The highest BCUT2D eigenvalue weighted by atomic mass is 32.3. The lowest BCUT2D eigenvalue weighted by atomic mass is 9.97. The summed E-state index contributed by atoms with van der Waals surface area (Å²) in [6, 6.07) is 47.0. The molecule has 0 N–H and O–H groups in total. The predicted molar refractivity (Wildman–Crippen MR) is 178 cm³/mol. The first-order valence-electron chi connectivity index (χ1n) is 14.4. The van der Waals surface area contributed by atoms with Crippen molar-refractivity contribution in [2.75, 3.05) is 12.5 Å². The molecule has 0 bridgehead atoms. The van der Waals surface area contributed by atoms with Gasteiger partial charge in [-0.1, -0.05) is 121 Å². The molecule has 1 aromatic heterocycles.